The van der Waals surface area contributed by atoms with Gasteiger partial charge in [-0.05, 0) is 48.7 Å². The third-order valence-corrected chi connectivity index (χ3v) is 7.30. The van der Waals surface area contributed by atoms with Crippen LogP contribution in [-0.4, -0.2) is 60.2 Å². The third kappa shape index (κ3) is 5.68. The molecule has 1 amide bonds. The van der Waals surface area contributed by atoms with Crippen molar-refractivity contribution in [2.24, 2.45) is 9.50 Å². The van der Waals surface area contributed by atoms with Crippen LogP contribution in [0.4, 0.5) is 0 Å². The van der Waals surface area contributed by atoms with Crippen molar-refractivity contribution < 1.29 is 28.2 Å². The minimum Gasteiger partial charge on any atom is -0.507 e. The van der Waals surface area contributed by atoms with Gasteiger partial charge in [0.25, 0.3) is 10.0 Å². The summed E-state index contributed by atoms with van der Waals surface area (Å²) in [5.74, 6) is -1.76. The molecule has 2 aromatic rings. The van der Waals surface area contributed by atoms with Gasteiger partial charge in [0.15, 0.2) is 5.84 Å². The van der Waals surface area contributed by atoms with E-state index >= 15 is 0 Å². The number of fused-ring (bicyclic) bond motifs is 1. The molecule has 3 N–H and O–H groups in total. The topological polar surface area (TPSA) is 149 Å². The summed E-state index contributed by atoms with van der Waals surface area (Å²) in [4.78, 5) is 24.0. The van der Waals surface area contributed by atoms with Gasteiger partial charge >= 0.3 is 5.97 Å². The number of carboxylic acid groups (broad SMARTS) is 1. The maximum Gasteiger partial charge on any atom is 0.339 e. The van der Waals surface area contributed by atoms with Gasteiger partial charge in [-0.2, -0.15) is 13.5 Å². The quantitative estimate of drug-likeness (QED) is 0.392. The molecule has 0 bridgehead atoms. The number of rotatable bonds is 7. The Morgan fingerprint density at radius 3 is 2.63 bits per heavy atom. The number of hydrogen-bond acceptors (Lipinski definition) is 7. The van der Waals surface area contributed by atoms with E-state index in [0.29, 0.717) is 11.1 Å². The first-order valence-corrected chi connectivity index (χ1v) is 12.8. The van der Waals surface area contributed by atoms with E-state index in [-0.39, 0.29) is 47.0 Å². The summed E-state index contributed by atoms with van der Waals surface area (Å²) in [6.45, 7) is 0.0572. The Morgan fingerprint density at radius 2 is 1.89 bits per heavy atom. The van der Waals surface area contributed by atoms with Crippen LogP contribution in [0, 0.1) is 0 Å². The molecule has 35 heavy (non-hydrogen) atoms. The fraction of sp³-hybridized carbons (Fsp3) is 0.333. The molecule has 1 aliphatic heterocycles. The number of carboxylic acids is 1. The second kappa shape index (κ2) is 10.3. The number of nitrogens with one attached hydrogen (secondary N) is 1. The van der Waals surface area contributed by atoms with E-state index in [4.69, 9.17) is 0 Å². The fourth-order valence-electron chi connectivity index (χ4n) is 4.19. The van der Waals surface area contributed by atoms with Crippen LogP contribution in [0.3, 0.4) is 0 Å². The highest BCUT2D eigenvalue weighted by Gasteiger charge is 2.32. The van der Waals surface area contributed by atoms with Gasteiger partial charge in [0.2, 0.25) is 5.91 Å². The number of carbonyl (C=O) groups excluding carboxylic acids is 1. The summed E-state index contributed by atoms with van der Waals surface area (Å²) in [5, 5.41) is 27.7. The third-order valence-electron chi connectivity index (χ3n) is 5.98. The van der Waals surface area contributed by atoms with Gasteiger partial charge in [0.1, 0.15) is 16.2 Å². The number of hydrazone groups is 1. The van der Waals surface area contributed by atoms with Crippen molar-refractivity contribution in [3.8, 4) is 5.75 Å². The molecule has 1 heterocycles. The molecule has 0 saturated heterocycles. The van der Waals surface area contributed by atoms with Crippen LogP contribution >= 0.6 is 0 Å². The van der Waals surface area contributed by atoms with Crippen LogP contribution in [0.15, 0.2) is 56.9 Å². The lowest BCUT2D eigenvalue weighted by molar-refractivity contribution is -0.122. The standard InChI is InChI=1S/C24H26N4O6S/c29-20-11-10-16(14-19(20)24(31)32)15-25-28(13-12-22(30)26-17-6-2-1-3-7-17)23-18-8-4-5-9-21(18)35(33,34)27-23/h4-5,8-11,14-15,17,29H,1-3,6-7,12-13H2,(H,26,30)(H,31,32)/b25-15+. The first-order valence-electron chi connectivity index (χ1n) is 11.4. The predicted octanol–water partition coefficient (Wildman–Crippen LogP) is 2.71. The Labute approximate surface area is 203 Å². The molecule has 0 atom stereocenters. The van der Waals surface area contributed by atoms with Crippen molar-refractivity contribution in [2.75, 3.05) is 6.54 Å². The van der Waals surface area contributed by atoms with Gasteiger partial charge in [-0.3, -0.25) is 4.79 Å². The number of phenols is 1. The number of amides is 1. The molecular weight excluding hydrogens is 472 g/mol. The van der Waals surface area contributed by atoms with Crippen molar-refractivity contribution in [3.63, 3.8) is 0 Å². The molecule has 0 unspecified atom stereocenters. The Morgan fingerprint density at radius 1 is 1.14 bits per heavy atom. The minimum absolute atomic E-state index is 0.0552. The lowest BCUT2D eigenvalue weighted by Crippen LogP contribution is -2.38. The second-order valence-corrected chi connectivity index (χ2v) is 10.1. The van der Waals surface area contributed by atoms with E-state index in [1.54, 1.807) is 18.2 Å². The number of benzene rings is 2. The van der Waals surface area contributed by atoms with Gasteiger partial charge in [-0.1, -0.05) is 31.4 Å². The largest absolute Gasteiger partial charge is 0.507 e. The maximum atomic E-state index is 12.6. The number of nitrogens with zero attached hydrogens (tertiary/aromatic N) is 3. The number of aromatic hydroxyl groups is 1. The van der Waals surface area contributed by atoms with Crippen molar-refractivity contribution in [3.05, 3.63) is 59.2 Å². The smallest absolute Gasteiger partial charge is 0.339 e. The van der Waals surface area contributed by atoms with Gasteiger partial charge in [-0.25, -0.2) is 9.80 Å². The number of sulfonamides is 1. The van der Waals surface area contributed by atoms with Crippen LogP contribution in [-0.2, 0) is 14.8 Å². The van der Waals surface area contributed by atoms with Gasteiger partial charge in [0, 0.05) is 18.0 Å². The molecule has 184 valence electrons. The van der Waals surface area contributed by atoms with Crippen molar-refractivity contribution in [1.82, 2.24) is 10.3 Å². The molecule has 4 rings (SSSR count). The number of carbonyl (C=O) groups is 2. The summed E-state index contributed by atoms with van der Waals surface area (Å²) in [7, 11) is -3.91. The van der Waals surface area contributed by atoms with E-state index < -0.39 is 16.0 Å². The van der Waals surface area contributed by atoms with Crippen LogP contribution in [0.5, 0.6) is 5.75 Å². The van der Waals surface area contributed by atoms with E-state index in [9.17, 15) is 28.2 Å². The highest BCUT2D eigenvalue weighted by Crippen LogP contribution is 2.28. The normalized spacial score (nSPS) is 17.1. The Bertz CT molecular complexity index is 1300. The Balaban J connectivity index is 1.59. The summed E-state index contributed by atoms with van der Waals surface area (Å²) in [6.07, 6.45) is 6.61. The van der Waals surface area contributed by atoms with Crippen LogP contribution in [0.2, 0.25) is 0 Å². The zero-order valence-electron chi connectivity index (χ0n) is 18.9. The zero-order chi connectivity index (χ0) is 25.0. The van der Waals surface area contributed by atoms with E-state index in [1.165, 1.54) is 41.9 Å². The number of amidine groups is 1. The molecule has 1 fully saturated rings. The van der Waals surface area contributed by atoms with Crippen LogP contribution < -0.4 is 5.32 Å². The molecule has 0 radical (unpaired) electrons. The molecule has 1 aliphatic carbocycles. The second-order valence-electron chi connectivity index (χ2n) is 8.49. The summed E-state index contributed by atoms with van der Waals surface area (Å²) >= 11 is 0. The first-order chi connectivity index (χ1) is 16.7. The fourth-order valence-corrected chi connectivity index (χ4v) is 5.40. The predicted molar refractivity (Wildman–Crippen MR) is 129 cm³/mol. The molecule has 2 aliphatic rings. The molecule has 0 spiro atoms. The van der Waals surface area contributed by atoms with E-state index in [0.717, 1.165) is 25.7 Å². The van der Waals surface area contributed by atoms with Crippen molar-refractivity contribution in [2.45, 2.75) is 49.5 Å². The average molecular weight is 499 g/mol. The first kappa shape index (κ1) is 24.4. The Kier molecular flexibility index (Phi) is 7.15. The molecular formula is C24H26N4O6S. The molecule has 11 heteroatoms. The lowest BCUT2D eigenvalue weighted by atomic mass is 9.95. The molecule has 0 aromatic heterocycles. The molecule has 1 saturated carbocycles. The average Bonchev–Trinajstić information content (AvgIpc) is 3.11. The SMILES string of the molecule is O=C(CCN(/N=C/c1ccc(O)c(C(=O)O)c1)C1=NS(=O)(=O)c2ccccc21)NC1CCCCC1. The van der Waals surface area contributed by atoms with E-state index in [1.807, 2.05) is 0 Å². The minimum atomic E-state index is -3.91. The number of aromatic carboxylic acids is 1. The van der Waals surface area contributed by atoms with Crippen molar-refractivity contribution >= 4 is 33.9 Å². The number of hydrogen-bond donors (Lipinski definition) is 3. The van der Waals surface area contributed by atoms with Crippen molar-refractivity contribution in [1.29, 1.82) is 0 Å². The lowest BCUT2D eigenvalue weighted by Gasteiger charge is -2.24. The highest BCUT2D eigenvalue weighted by atomic mass is 32.2. The van der Waals surface area contributed by atoms with Gasteiger partial charge < -0.3 is 15.5 Å². The maximum absolute atomic E-state index is 12.6. The van der Waals surface area contributed by atoms with Gasteiger partial charge in [-0.15, -0.1) is 4.40 Å². The van der Waals surface area contributed by atoms with E-state index in [2.05, 4.69) is 14.8 Å². The highest BCUT2D eigenvalue weighted by molar-refractivity contribution is 7.90. The zero-order valence-corrected chi connectivity index (χ0v) is 19.7. The Hall–Kier alpha value is -3.73. The van der Waals surface area contributed by atoms with Crippen LogP contribution in [0.1, 0.15) is 60.0 Å². The molecule has 10 nitrogen and oxygen atoms in total. The monoisotopic (exact) mass is 498 g/mol. The van der Waals surface area contributed by atoms with Crippen LogP contribution in [0.25, 0.3) is 0 Å². The van der Waals surface area contributed by atoms with Gasteiger partial charge in [0.05, 0.1) is 12.8 Å². The summed E-state index contributed by atoms with van der Waals surface area (Å²) in [6, 6.07) is 10.5. The summed E-state index contributed by atoms with van der Waals surface area (Å²) < 4.78 is 29.0. The molecule has 2 aromatic carbocycles. The summed E-state index contributed by atoms with van der Waals surface area (Å²) in [5.41, 5.74) is 0.444.